The third kappa shape index (κ3) is 5.48. The maximum Gasteiger partial charge on any atom is 0.280 e. The van der Waals surface area contributed by atoms with Gasteiger partial charge in [-0.15, -0.1) is 0 Å². The van der Waals surface area contributed by atoms with Crippen LogP contribution in [0.5, 0.6) is 0 Å². The normalized spacial score (nSPS) is 15.4. The Kier molecular flexibility index (Phi) is 6.57. The van der Waals surface area contributed by atoms with Gasteiger partial charge in [-0.2, -0.15) is 4.99 Å². The van der Waals surface area contributed by atoms with Crippen LogP contribution in [0.2, 0.25) is 5.02 Å². The minimum Gasteiger partial charge on any atom is -0.353 e. The van der Waals surface area contributed by atoms with Gasteiger partial charge in [0.25, 0.3) is 5.91 Å². The molecule has 28 heavy (non-hydrogen) atoms. The summed E-state index contributed by atoms with van der Waals surface area (Å²) in [7, 11) is 0. The third-order valence-electron chi connectivity index (χ3n) is 4.45. The van der Waals surface area contributed by atoms with Crippen molar-refractivity contribution in [1.29, 1.82) is 0 Å². The summed E-state index contributed by atoms with van der Waals surface area (Å²) in [6.45, 7) is 0. The monoisotopic (exact) mass is 409 g/mol. The molecule has 4 nitrogen and oxygen atoms in total. The van der Waals surface area contributed by atoms with Crippen LogP contribution < -0.4 is 10.6 Å². The van der Waals surface area contributed by atoms with Gasteiger partial charge in [0, 0.05) is 22.3 Å². The van der Waals surface area contributed by atoms with Crippen LogP contribution in [0.3, 0.4) is 0 Å². The van der Waals surface area contributed by atoms with E-state index < -0.39 is 23.4 Å². The van der Waals surface area contributed by atoms with Crippen LogP contribution in [0.1, 0.15) is 42.5 Å². The predicted molar refractivity (Wildman–Crippen MR) is 103 cm³/mol. The van der Waals surface area contributed by atoms with Crippen LogP contribution in [-0.4, -0.2) is 17.9 Å². The van der Waals surface area contributed by atoms with Gasteiger partial charge in [-0.25, -0.2) is 13.2 Å². The molecule has 1 amide bonds. The Morgan fingerprint density at radius 1 is 1.00 bits per heavy atom. The second-order valence-electron chi connectivity index (χ2n) is 6.66. The lowest BCUT2D eigenvalue weighted by molar-refractivity contribution is 0.100. The molecule has 0 aromatic heterocycles. The molecule has 1 saturated carbocycles. The van der Waals surface area contributed by atoms with Gasteiger partial charge in [-0.3, -0.25) is 4.79 Å². The SMILES string of the molecule is O=C(/N=C(\Nc1cc(F)cc(Cl)c1)NC1CCCCC1)c1ccc(F)c(F)c1. The highest BCUT2D eigenvalue weighted by atomic mass is 35.5. The fourth-order valence-corrected chi connectivity index (χ4v) is 3.32. The van der Waals surface area contributed by atoms with E-state index in [0.717, 1.165) is 56.4 Å². The number of guanidine groups is 1. The van der Waals surface area contributed by atoms with Crippen LogP contribution in [-0.2, 0) is 0 Å². The van der Waals surface area contributed by atoms with Gasteiger partial charge in [0.15, 0.2) is 11.6 Å². The van der Waals surface area contributed by atoms with Crippen LogP contribution >= 0.6 is 11.6 Å². The number of hydrogen-bond acceptors (Lipinski definition) is 1. The molecule has 0 unspecified atom stereocenters. The summed E-state index contributed by atoms with van der Waals surface area (Å²) in [4.78, 5) is 16.4. The minimum atomic E-state index is -1.13. The Morgan fingerprint density at radius 3 is 2.43 bits per heavy atom. The second kappa shape index (κ2) is 9.10. The number of carbonyl (C=O) groups is 1. The van der Waals surface area contributed by atoms with E-state index in [1.807, 2.05) is 0 Å². The van der Waals surface area contributed by atoms with Crippen molar-refractivity contribution in [1.82, 2.24) is 5.32 Å². The van der Waals surface area contributed by atoms with E-state index in [1.54, 1.807) is 0 Å². The molecule has 0 bridgehead atoms. The largest absolute Gasteiger partial charge is 0.353 e. The highest BCUT2D eigenvalue weighted by molar-refractivity contribution is 6.31. The van der Waals surface area contributed by atoms with Gasteiger partial charge in [-0.05, 0) is 49.2 Å². The zero-order chi connectivity index (χ0) is 20.1. The number of nitrogens with zero attached hydrogens (tertiary/aromatic N) is 1. The van der Waals surface area contributed by atoms with Crippen molar-refractivity contribution in [3.05, 3.63) is 64.4 Å². The molecular formula is C20H19ClF3N3O. The molecule has 0 spiro atoms. The average molecular weight is 410 g/mol. The smallest absolute Gasteiger partial charge is 0.280 e. The number of carbonyl (C=O) groups excluding carboxylic acids is 1. The van der Waals surface area contributed by atoms with Crippen molar-refractivity contribution in [2.45, 2.75) is 38.1 Å². The van der Waals surface area contributed by atoms with Gasteiger partial charge in [-0.1, -0.05) is 30.9 Å². The van der Waals surface area contributed by atoms with Gasteiger partial charge in [0.1, 0.15) is 5.82 Å². The molecule has 0 saturated heterocycles. The van der Waals surface area contributed by atoms with Crippen molar-refractivity contribution >= 4 is 29.2 Å². The molecule has 2 aromatic rings. The number of halogens is 4. The number of amides is 1. The quantitative estimate of drug-likeness (QED) is 0.535. The van der Waals surface area contributed by atoms with E-state index in [-0.39, 0.29) is 22.6 Å². The standard InChI is InChI=1S/C20H19ClF3N3O/c21-13-9-14(22)11-16(10-13)26-20(25-15-4-2-1-3-5-15)27-19(28)12-6-7-17(23)18(24)8-12/h6-11,15H,1-5H2,(H2,25,26,27,28). The van der Waals surface area contributed by atoms with Crippen LogP contribution in [0, 0.1) is 17.5 Å². The molecule has 0 radical (unpaired) electrons. The molecule has 2 N–H and O–H groups in total. The molecule has 2 aromatic carbocycles. The molecule has 148 valence electrons. The summed E-state index contributed by atoms with van der Waals surface area (Å²) in [6.07, 6.45) is 5.06. The van der Waals surface area contributed by atoms with E-state index in [0.29, 0.717) is 5.69 Å². The molecule has 8 heteroatoms. The highest BCUT2D eigenvalue weighted by Crippen LogP contribution is 2.20. The van der Waals surface area contributed by atoms with E-state index >= 15 is 0 Å². The summed E-state index contributed by atoms with van der Waals surface area (Å²) < 4.78 is 40.1. The number of anilines is 1. The van der Waals surface area contributed by atoms with Gasteiger partial charge in [0.05, 0.1) is 0 Å². The first-order valence-electron chi connectivity index (χ1n) is 8.98. The molecule has 1 aliphatic carbocycles. The maximum absolute atomic E-state index is 13.6. The molecular weight excluding hydrogens is 391 g/mol. The Hall–Kier alpha value is -2.54. The minimum absolute atomic E-state index is 0.0964. The highest BCUT2D eigenvalue weighted by Gasteiger charge is 2.17. The molecule has 1 fully saturated rings. The second-order valence-corrected chi connectivity index (χ2v) is 7.09. The lowest BCUT2D eigenvalue weighted by Crippen LogP contribution is -2.40. The maximum atomic E-state index is 13.6. The molecule has 1 aliphatic rings. The summed E-state index contributed by atoms with van der Waals surface area (Å²) in [5.41, 5.74) is 0.214. The van der Waals surface area contributed by atoms with E-state index in [9.17, 15) is 18.0 Å². The molecule has 0 heterocycles. The van der Waals surface area contributed by atoms with E-state index in [1.165, 1.54) is 12.1 Å². The Balaban J connectivity index is 1.85. The van der Waals surface area contributed by atoms with Crippen molar-refractivity contribution in [3.63, 3.8) is 0 Å². The summed E-state index contributed by atoms with van der Waals surface area (Å²) in [5.74, 6) is -3.38. The Bertz CT molecular complexity index is 878. The Morgan fingerprint density at radius 2 is 1.75 bits per heavy atom. The summed E-state index contributed by atoms with van der Waals surface area (Å²) in [6, 6.07) is 6.77. The lowest BCUT2D eigenvalue weighted by atomic mass is 9.96. The first-order valence-corrected chi connectivity index (χ1v) is 9.36. The van der Waals surface area contributed by atoms with Gasteiger partial charge < -0.3 is 10.6 Å². The van der Waals surface area contributed by atoms with Crippen LogP contribution in [0.25, 0.3) is 0 Å². The van der Waals surface area contributed by atoms with Gasteiger partial charge >= 0.3 is 0 Å². The van der Waals surface area contributed by atoms with Crippen molar-refractivity contribution in [2.75, 3.05) is 5.32 Å². The summed E-state index contributed by atoms with van der Waals surface area (Å²) >= 11 is 5.87. The van der Waals surface area contributed by atoms with Crippen molar-refractivity contribution in [2.24, 2.45) is 4.99 Å². The fraction of sp³-hybridized carbons (Fsp3) is 0.300. The van der Waals surface area contributed by atoms with Gasteiger partial charge in [0.2, 0.25) is 5.96 Å². The predicted octanol–water partition coefficient (Wildman–Crippen LogP) is 5.29. The van der Waals surface area contributed by atoms with E-state index in [2.05, 4.69) is 15.6 Å². The number of benzene rings is 2. The van der Waals surface area contributed by atoms with Crippen LogP contribution in [0.4, 0.5) is 18.9 Å². The molecule has 0 aliphatic heterocycles. The third-order valence-corrected chi connectivity index (χ3v) is 4.67. The Labute approximate surface area is 165 Å². The molecule has 3 rings (SSSR count). The lowest BCUT2D eigenvalue weighted by Gasteiger charge is -2.25. The topological polar surface area (TPSA) is 53.5 Å². The average Bonchev–Trinajstić information content (AvgIpc) is 2.64. The number of aliphatic imine (C=N–C) groups is 1. The first-order chi connectivity index (χ1) is 13.4. The zero-order valence-corrected chi connectivity index (χ0v) is 15.7. The van der Waals surface area contributed by atoms with E-state index in [4.69, 9.17) is 11.6 Å². The first kappa shape index (κ1) is 20.2. The van der Waals surface area contributed by atoms with Crippen molar-refractivity contribution in [3.8, 4) is 0 Å². The number of rotatable bonds is 3. The zero-order valence-electron chi connectivity index (χ0n) is 14.9. The number of nitrogens with one attached hydrogen (secondary N) is 2. The molecule has 0 atom stereocenters. The number of hydrogen-bond donors (Lipinski definition) is 2. The summed E-state index contributed by atoms with van der Waals surface area (Å²) in [5, 5.41) is 6.20. The van der Waals surface area contributed by atoms with Crippen molar-refractivity contribution < 1.29 is 18.0 Å². The van der Waals surface area contributed by atoms with Crippen LogP contribution in [0.15, 0.2) is 41.4 Å². The fourth-order valence-electron chi connectivity index (χ4n) is 3.09.